The van der Waals surface area contributed by atoms with Crippen LogP contribution in [0.15, 0.2) is 18.2 Å². The van der Waals surface area contributed by atoms with Crippen LogP contribution in [0.3, 0.4) is 0 Å². The van der Waals surface area contributed by atoms with Crippen LogP contribution in [-0.2, 0) is 0 Å². The minimum Gasteiger partial charge on any atom is -0.497 e. The van der Waals surface area contributed by atoms with Gasteiger partial charge in [-0.15, -0.1) is 6.42 Å². The van der Waals surface area contributed by atoms with Crippen molar-refractivity contribution in [1.29, 1.82) is 0 Å². The van der Waals surface area contributed by atoms with E-state index in [9.17, 15) is 0 Å². The van der Waals surface area contributed by atoms with Crippen molar-refractivity contribution in [3.63, 3.8) is 0 Å². The van der Waals surface area contributed by atoms with Crippen LogP contribution in [0.4, 0.5) is 0 Å². The molecule has 2 unspecified atom stereocenters. The van der Waals surface area contributed by atoms with Crippen LogP contribution in [0, 0.1) is 12.3 Å². The standard InChI is InChI=1S/C14H17NO2/c1-4-10(2)15-13-7-8-17-14-6-5-11(16-3)9-12(13)14/h1,5-6,9-10,13,15H,7-8H2,2-3H3. The van der Waals surface area contributed by atoms with Crippen molar-refractivity contribution in [1.82, 2.24) is 5.32 Å². The Hall–Kier alpha value is -1.66. The Bertz CT molecular complexity index is 436. The Kier molecular flexibility index (Phi) is 3.55. The molecule has 0 bridgehead atoms. The first kappa shape index (κ1) is 11.8. The molecule has 1 aliphatic rings. The number of nitrogens with one attached hydrogen (secondary N) is 1. The van der Waals surface area contributed by atoms with E-state index < -0.39 is 0 Å². The molecule has 3 heteroatoms. The normalized spacial score (nSPS) is 19.7. The minimum absolute atomic E-state index is 0.0529. The Morgan fingerprint density at radius 3 is 3.12 bits per heavy atom. The number of rotatable bonds is 3. The summed E-state index contributed by atoms with van der Waals surface area (Å²) in [7, 11) is 1.66. The van der Waals surface area contributed by atoms with E-state index in [1.807, 2.05) is 25.1 Å². The zero-order chi connectivity index (χ0) is 12.3. The monoisotopic (exact) mass is 231 g/mol. The van der Waals surface area contributed by atoms with Gasteiger partial charge < -0.3 is 9.47 Å². The van der Waals surface area contributed by atoms with Crippen molar-refractivity contribution >= 4 is 0 Å². The molecular weight excluding hydrogens is 214 g/mol. The first-order chi connectivity index (χ1) is 8.24. The van der Waals surface area contributed by atoms with Crippen molar-refractivity contribution in [3.8, 4) is 23.8 Å². The van der Waals surface area contributed by atoms with E-state index in [2.05, 4.69) is 11.2 Å². The second-order valence-electron chi connectivity index (χ2n) is 4.15. The summed E-state index contributed by atoms with van der Waals surface area (Å²) < 4.78 is 10.9. The lowest BCUT2D eigenvalue weighted by Gasteiger charge is -2.28. The molecule has 2 rings (SSSR count). The van der Waals surface area contributed by atoms with Crippen molar-refractivity contribution in [2.75, 3.05) is 13.7 Å². The summed E-state index contributed by atoms with van der Waals surface area (Å²) in [5.74, 6) is 4.45. The van der Waals surface area contributed by atoms with Gasteiger partial charge in [-0.1, -0.05) is 5.92 Å². The number of hydrogen-bond acceptors (Lipinski definition) is 3. The molecule has 1 aromatic rings. The van der Waals surface area contributed by atoms with Gasteiger partial charge in [-0.2, -0.15) is 0 Å². The van der Waals surface area contributed by atoms with Gasteiger partial charge in [-0.05, 0) is 25.1 Å². The molecule has 0 fully saturated rings. The van der Waals surface area contributed by atoms with Gasteiger partial charge in [0.05, 0.1) is 19.8 Å². The first-order valence-electron chi connectivity index (χ1n) is 5.77. The number of ether oxygens (including phenoxy) is 2. The highest BCUT2D eigenvalue weighted by atomic mass is 16.5. The Labute approximate surface area is 102 Å². The zero-order valence-electron chi connectivity index (χ0n) is 10.2. The minimum atomic E-state index is 0.0529. The van der Waals surface area contributed by atoms with E-state index in [-0.39, 0.29) is 12.1 Å². The lowest BCUT2D eigenvalue weighted by Crippen LogP contribution is -2.32. The fourth-order valence-electron chi connectivity index (χ4n) is 2.02. The summed E-state index contributed by atoms with van der Waals surface area (Å²) in [6, 6.07) is 6.15. The van der Waals surface area contributed by atoms with Crippen molar-refractivity contribution < 1.29 is 9.47 Å². The molecule has 0 aromatic heterocycles. The average Bonchev–Trinajstić information content (AvgIpc) is 2.38. The molecule has 0 saturated carbocycles. The lowest BCUT2D eigenvalue weighted by molar-refractivity contribution is 0.249. The molecule has 2 atom stereocenters. The number of methoxy groups -OCH3 is 1. The largest absolute Gasteiger partial charge is 0.497 e. The van der Waals surface area contributed by atoms with Crippen molar-refractivity contribution in [2.45, 2.75) is 25.4 Å². The second-order valence-corrected chi connectivity index (χ2v) is 4.15. The van der Waals surface area contributed by atoms with Gasteiger partial charge in [-0.3, -0.25) is 5.32 Å². The highest BCUT2D eigenvalue weighted by Crippen LogP contribution is 2.34. The predicted octanol–water partition coefficient (Wildman–Crippen LogP) is 2.13. The summed E-state index contributed by atoms with van der Waals surface area (Å²) >= 11 is 0. The fourth-order valence-corrected chi connectivity index (χ4v) is 2.02. The van der Waals surface area contributed by atoms with Crippen LogP contribution >= 0.6 is 0 Å². The zero-order valence-corrected chi connectivity index (χ0v) is 10.2. The number of benzene rings is 1. The van der Waals surface area contributed by atoms with Crippen molar-refractivity contribution in [3.05, 3.63) is 23.8 Å². The van der Waals surface area contributed by atoms with Gasteiger partial charge in [-0.25, -0.2) is 0 Å². The molecule has 17 heavy (non-hydrogen) atoms. The van der Waals surface area contributed by atoms with E-state index in [0.717, 1.165) is 23.5 Å². The predicted molar refractivity (Wildman–Crippen MR) is 67.3 cm³/mol. The molecule has 0 radical (unpaired) electrons. The van der Waals surface area contributed by atoms with E-state index in [4.69, 9.17) is 15.9 Å². The van der Waals surface area contributed by atoms with Gasteiger partial charge in [0, 0.05) is 18.0 Å². The third kappa shape index (κ3) is 2.54. The molecule has 0 amide bonds. The van der Waals surface area contributed by atoms with Gasteiger partial charge in [0.25, 0.3) is 0 Å². The average molecular weight is 231 g/mol. The van der Waals surface area contributed by atoms with Crippen LogP contribution in [0.2, 0.25) is 0 Å². The summed E-state index contributed by atoms with van der Waals surface area (Å²) in [5.41, 5.74) is 1.12. The van der Waals surface area contributed by atoms with Crippen LogP contribution in [0.5, 0.6) is 11.5 Å². The molecule has 0 saturated heterocycles. The molecular formula is C14H17NO2. The second kappa shape index (κ2) is 5.11. The van der Waals surface area contributed by atoms with E-state index in [1.165, 1.54) is 0 Å². The molecule has 3 nitrogen and oxygen atoms in total. The van der Waals surface area contributed by atoms with Gasteiger partial charge >= 0.3 is 0 Å². The Balaban J connectivity index is 2.26. The molecule has 1 aliphatic heterocycles. The molecule has 90 valence electrons. The fraction of sp³-hybridized carbons (Fsp3) is 0.429. The number of hydrogen-bond donors (Lipinski definition) is 1. The molecule has 1 N–H and O–H groups in total. The summed E-state index contributed by atoms with van der Waals surface area (Å²) in [6.07, 6.45) is 6.32. The van der Waals surface area contributed by atoms with Crippen LogP contribution in [0.1, 0.15) is 24.9 Å². The summed E-state index contributed by atoms with van der Waals surface area (Å²) in [6.45, 7) is 2.70. The van der Waals surface area contributed by atoms with E-state index >= 15 is 0 Å². The topological polar surface area (TPSA) is 30.5 Å². The number of fused-ring (bicyclic) bond motifs is 1. The van der Waals surface area contributed by atoms with Gasteiger partial charge in [0.15, 0.2) is 0 Å². The summed E-state index contributed by atoms with van der Waals surface area (Å²) in [5, 5.41) is 3.40. The molecule has 0 aliphatic carbocycles. The third-order valence-electron chi connectivity index (χ3n) is 2.96. The Morgan fingerprint density at radius 1 is 1.59 bits per heavy atom. The smallest absolute Gasteiger partial charge is 0.124 e. The van der Waals surface area contributed by atoms with E-state index in [0.29, 0.717) is 6.61 Å². The highest BCUT2D eigenvalue weighted by Gasteiger charge is 2.22. The van der Waals surface area contributed by atoms with Gasteiger partial charge in [0.2, 0.25) is 0 Å². The number of terminal acetylenes is 1. The maximum atomic E-state index is 5.62. The molecule has 0 spiro atoms. The SMILES string of the molecule is C#CC(C)NC1CCOc2ccc(OC)cc21. The Morgan fingerprint density at radius 2 is 2.41 bits per heavy atom. The molecule has 1 heterocycles. The van der Waals surface area contributed by atoms with Crippen LogP contribution in [-0.4, -0.2) is 19.8 Å². The van der Waals surface area contributed by atoms with Crippen LogP contribution < -0.4 is 14.8 Å². The maximum absolute atomic E-state index is 5.62. The molecule has 1 aromatic carbocycles. The van der Waals surface area contributed by atoms with Crippen LogP contribution in [0.25, 0.3) is 0 Å². The third-order valence-corrected chi connectivity index (χ3v) is 2.96. The maximum Gasteiger partial charge on any atom is 0.124 e. The van der Waals surface area contributed by atoms with Gasteiger partial charge in [0.1, 0.15) is 11.5 Å². The van der Waals surface area contributed by atoms with Crippen molar-refractivity contribution in [2.24, 2.45) is 0 Å². The quantitative estimate of drug-likeness (QED) is 0.808. The summed E-state index contributed by atoms with van der Waals surface area (Å²) in [4.78, 5) is 0. The lowest BCUT2D eigenvalue weighted by atomic mass is 9.99. The highest BCUT2D eigenvalue weighted by molar-refractivity contribution is 5.43. The first-order valence-corrected chi connectivity index (χ1v) is 5.77. The van der Waals surface area contributed by atoms with E-state index in [1.54, 1.807) is 7.11 Å².